The molecular formula is C18H14F3N3. The minimum atomic E-state index is -4.37. The van der Waals surface area contributed by atoms with Gasteiger partial charge in [-0.25, -0.2) is 4.98 Å². The van der Waals surface area contributed by atoms with E-state index in [2.05, 4.69) is 15.3 Å². The third kappa shape index (κ3) is 3.90. The summed E-state index contributed by atoms with van der Waals surface area (Å²) in [5, 5.41) is 3.01. The Labute approximate surface area is 137 Å². The lowest BCUT2D eigenvalue weighted by atomic mass is 10.1. The maximum Gasteiger partial charge on any atom is 0.417 e. The van der Waals surface area contributed by atoms with Gasteiger partial charge in [0, 0.05) is 25.1 Å². The van der Waals surface area contributed by atoms with Gasteiger partial charge in [0.1, 0.15) is 5.82 Å². The van der Waals surface area contributed by atoms with Crippen LogP contribution < -0.4 is 5.32 Å². The summed E-state index contributed by atoms with van der Waals surface area (Å²) in [5.41, 5.74) is 2.33. The molecule has 2 aromatic heterocycles. The van der Waals surface area contributed by atoms with Gasteiger partial charge in [0.15, 0.2) is 0 Å². The van der Waals surface area contributed by atoms with E-state index in [4.69, 9.17) is 0 Å². The van der Waals surface area contributed by atoms with E-state index in [0.29, 0.717) is 12.4 Å². The number of anilines is 1. The van der Waals surface area contributed by atoms with Crippen molar-refractivity contribution in [3.8, 4) is 11.1 Å². The Bertz CT molecular complexity index is 782. The van der Waals surface area contributed by atoms with Crippen LogP contribution in [0.5, 0.6) is 0 Å². The number of hydrogen-bond acceptors (Lipinski definition) is 3. The summed E-state index contributed by atoms with van der Waals surface area (Å²) < 4.78 is 37.4. The molecule has 122 valence electrons. The fraction of sp³-hybridized carbons (Fsp3) is 0.111. The molecule has 0 aliphatic carbocycles. The van der Waals surface area contributed by atoms with Crippen LogP contribution in [0.3, 0.4) is 0 Å². The third-order valence-electron chi connectivity index (χ3n) is 3.51. The van der Waals surface area contributed by atoms with Crippen molar-refractivity contribution in [3.63, 3.8) is 0 Å². The molecule has 0 saturated carbocycles. The first kappa shape index (κ1) is 16.0. The summed E-state index contributed by atoms with van der Waals surface area (Å²) >= 11 is 0. The van der Waals surface area contributed by atoms with E-state index in [1.807, 2.05) is 36.4 Å². The second kappa shape index (κ2) is 6.70. The number of aromatic nitrogens is 2. The number of alkyl halides is 3. The molecule has 0 bridgehead atoms. The normalized spacial score (nSPS) is 11.3. The summed E-state index contributed by atoms with van der Waals surface area (Å²) in [5.74, 6) is 0.402. The molecule has 1 N–H and O–H groups in total. The van der Waals surface area contributed by atoms with Crippen LogP contribution in [0.15, 0.2) is 67.1 Å². The van der Waals surface area contributed by atoms with Gasteiger partial charge < -0.3 is 5.32 Å². The highest BCUT2D eigenvalue weighted by Crippen LogP contribution is 2.28. The summed E-state index contributed by atoms with van der Waals surface area (Å²) in [7, 11) is 0. The molecule has 6 heteroatoms. The van der Waals surface area contributed by atoms with Crippen molar-refractivity contribution >= 4 is 5.82 Å². The van der Waals surface area contributed by atoms with Gasteiger partial charge in [-0.2, -0.15) is 13.2 Å². The van der Waals surface area contributed by atoms with Gasteiger partial charge in [0.2, 0.25) is 0 Å². The second-order valence-electron chi connectivity index (χ2n) is 5.22. The molecular weight excluding hydrogens is 315 g/mol. The highest BCUT2D eigenvalue weighted by atomic mass is 19.4. The first-order valence-corrected chi connectivity index (χ1v) is 7.29. The molecule has 24 heavy (non-hydrogen) atoms. The Morgan fingerprint density at radius 1 is 0.875 bits per heavy atom. The summed E-state index contributed by atoms with van der Waals surface area (Å²) in [6.45, 7) is 0.478. The van der Waals surface area contributed by atoms with Gasteiger partial charge in [-0.3, -0.25) is 4.98 Å². The van der Waals surface area contributed by atoms with E-state index < -0.39 is 11.7 Å². The number of nitrogens with one attached hydrogen (secondary N) is 1. The fourth-order valence-electron chi connectivity index (χ4n) is 2.21. The SMILES string of the molecule is FC(F)(F)c1ccc(NCc2ccc(-c3cccnc3)cc2)nc1. The molecule has 0 amide bonds. The molecule has 0 spiro atoms. The molecule has 0 aliphatic heterocycles. The lowest BCUT2D eigenvalue weighted by molar-refractivity contribution is -0.137. The number of halogens is 3. The summed E-state index contributed by atoms with van der Waals surface area (Å²) in [6, 6.07) is 14.1. The molecule has 3 nitrogen and oxygen atoms in total. The largest absolute Gasteiger partial charge is 0.417 e. The maximum atomic E-state index is 12.5. The predicted molar refractivity (Wildman–Crippen MR) is 86.2 cm³/mol. The molecule has 0 fully saturated rings. The Morgan fingerprint density at radius 3 is 2.25 bits per heavy atom. The topological polar surface area (TPSA) is 37.8 Å². The van der Waals surface area contributed by atoms with Crippen LogP contribution in [0, 0.1) is 0 Å². The van der Waals surface area contributed by atoms with Crippen molar-refractivity contribution in [3.05, 3.63) is 78.2 Å². The van der Waals surface area contributed by atoms with E-state index in [9.17, 15) is 13.2 Å². The summed E-state index contributed by atoms with van der Waals surface area (Å²) in [4.78, 5) is 7.87. The van der Waals surface area contributed by atoms with Crippen LogP contribution in [0.4, 0.5) is 19.0 Å². The van der Waals surface area contributed by atoms with Crippen LogP contribution in [-0.4, -0.2) is 9.97 Å². The third-order valence-corrected chi connectivity index (χ3v) is 3.51. The Kier molecular flexibility index (Phi) is 4.46. The van der Waals surface area contributed by atoms with Crippen molar-refractivity contribution < 1.29 is 13.2 Å². The van der Waals surface area contributed by atoms with Gasteiger partial charge in [0.25, 0.3) is 0 Å². The molecule has 2 heterocycles. The first-order chi connectivity index (χ1) is 11.5. The van der Waals surface area contributed by atoms with E-state index in [1.165, 1.54) is 6.07 Å². The maximum absolute atomic E-state index is 12.5. The standard InChI is InChI=1S/C18H14F3N3/c19-18(20,21)16-7-8-17(24-12-16)23-10-13-3-5-14(6-4-13)15-2-1-9-22-11-15/h1-9,11-12H,10H2,(H,23,24). The molecule has 3 rings (SSSR count). The monoisotopic (exact) mass is 329 g/mol. The fourth-order valence-corrected chi connectivity index (χ4v) is 2.21. The Balaban J connectivity index is 1.63. The minimum absolute atomic E-state index is 0.402. The van der Waals surface area contributed by atoms with E-state index in [-0.39, 0.29) is 0 Å². The molecule has 1 aromatic carbocycles. The van der Waals surface area contributed by atoms with Crippen molar-refractivity contribution in [2.45, 2.75) is 12.7 Å². The van der Waals surface area contributed by atoms with Crippen molar-refractivity contribution in [1.29, 1.82) is 0 Å². The quantitative estimate of drug-likeness (QED) is 0.749. The van der Waals surface area contributed by atoms with Crippen LogP contribution in [0.1, 0.15) is 11.1 Å². The highest BCUT2D eigenvalue weighted by molar-refractivity contribution is 5.62. The Morgan fingerprint density at radius 2 is 1.67 bits per heavy atom. The lowest BCUT2D eigenvalue weighted by Crippen LogP contribution is -2.07. The Hall–Kier alpha value is -2.89. The van der Waals surface area contributed by atoms with Gasteiger partial charge in [-0.05, 0) is 34.9 Å². The predicted octanol–water partition coefficient (Wildman–Crippen LogP) is 4.77. The molecule has 0 unspecified atom stereocenters. The minimum Gasteiger partial charge on any atom is -0.366 e. The number of rotatable bonds is 4. The number of pyridine rings is 2. The average molecular weight is 329 g/mol. The zero-order valence-corrected chi connectivity index (χ0v) is 12.6. The smallest absolute Gasteiger partial charge is 0.366 e. The van der Waals surface area contributed by atoms with Crippen LogP contribution >= 0.6 is 0 Å². The average Bonchev–Trinajstić information content (AvgIpc) is 2.61. The van der Waals surface area contributed by atoms with Gasteiger partial charge in [0.05, 0.1) is 5.56 Å². The van der Waals surface area contributed by atoms with E-state index >= 15 is 0 Å². The molecule has 0 radical (unpaired) electrons. The van der Waals surface area contributed by atoms with Crippen molar-refractivity contribution in [2.24, 2.45) is 0 Å². The molecule has 0 aliphatic rings. The second-order valence-corrected chi connectivity index (χ2v) is 5.22. The summed E-state index contributed by atoms with van der Waals surface area (Å²) in [6.07, 6.45) is -0.0281. The zero-order valence-electron chi connectivity index (χ0n) is 12.6. The number of hydrogen-bond donors (Lipinski definition) is 1. The van der Waals surface area contributed by atoms with E-state index in [1.54, 1.807) is 12.4 Å². The lowest BCUT2D eigenvalue weighted by Gasteiger charge is -2.09. The highest BCUT2D eigenvalue weighted by Gasteiger charge is 2.30. The first-order valence-electron chi connectivity index (χ1n) is 7.29. The molecule has 3 aromatic rings. The number of nitrogens with zero attached hydrogens (tertiary/aromatic N) is 2. The van der Waals surface area contributed by atoms with Gasteiger partial charge >= 0.3 is 6.18 Å². The zero-order chi connectivity index (χ0) is 17.0. The van der Waals surface area contributed by atoms with Gasteiger partial charge in [-0.15, -0.1) is 0 Å². The molecule has 0 saturated heterocycles. The van der Waals surface area contributed by atoms with Crippen LogP contribution in [0.2, 0.25) is 0 Å². The van der Waals surface area contributed by atoms with Crippen LogP contribution in [-0.2, 0) is 12.7 Å². The molecule has 0 atom stereocenters. The van der Waals surface area contributed by atoms with Gasteiger partial charge in [-0.1, -0.05) is 30.3 Å². The van der Waals surface area contributed by atoms with Crippen molar-refractivity contribution in [1.82, 2.24) is 9.97 Å². The van der Waals surface area contributed by atoms with E-state index in [0.717, 1.165) is 29.0 Å². The van der Waals surface area contributed by atoms with Crippen LogP contribution in [0.25, 0.3) is 11.1 Å². The van der Waals surface area contributed by atoms with Crippen molar-refractivity contribution in [2.75, 3.05) is 5.32 Å². The number of benzene rings is 1.